The molecule has 1 aliphatic rings. The minimum absolute atomic E-state index is 0.108. The maximum absolute atomic E-state index is 11.2. The summed E-state index contributed by atoms with van der Waals surface area (Å²) in [5.74, 6) is 1.50. The normalized spacial score (nSPS) is 19.5. The van der Waals surface area contributed by atoms with Crippen LogP contribution in [-0.4, -0.2) is 80.3 Å². The molecule has 1 fully saturated rings. The molecule has 0 bridgehead atoms. The van der Waals surface area contributed by atoms with Crippen LogP contribution in [-0.2, 0) is 14.3 Å². The third kappa shape index (κ3) is 6.35. The van der Waals surface area contributed by atoms with E-state index >= 15 is 0 Å². The first-order chi connectivity index (χ1) is 10.6. The number of carbonyl (C=O) groups is 1. The summed E-state index contributed by atoms with van der Waals surface area (Å²) >= 11 is 1.82. The molecule has 1 amide bonds. The summed E-state index contributed by atoms with van der Waals surface area (Å²) in [7, 11) is 4.89. The zero-order valence-corrected chi connectivity index (χ0v) is 14.3. The van der Waals surface area contributed by atoms with Gasteiger partial charge in [0.15, 0.2) is 0 Å². The first-order valence-corrected chi connectivity index (χ1v) is 8.13. The van der Waals surface area contributed by atoms with Crippen molar-refractivity contribution in [2.24, 2.45) is 10.7 Å². The van der Waals surface area contributed by atoms with Gasteiger partial charge < -0.3 is 20.1 Å². The highest BCUT2D eigenvalue weighted by Crippen LogP contribution is 2.21. The Kier molecular flexibility index (Phi) is 9.14. The third-order valence-corrected chi connectivity index (χ3v) is 4.62. The molecule has 0 aromatic carbocycles. The van der Waals surface area contributed by atoms with Gasteiger partial charge in [-0.3, -0.25) is 9.79 Å². The van der Waals surface area contributed by atoms with Crippen molar-refractivity contribution >= 4 is 24.2 Å². The monoisotopic (exact) mass is 330 g/mol. The standard InChI is InChI=1S/C14H26N4O3S/c1-16-14(15)5-7-17(11-19)9-12(20-2)13(21-3)10-18-6-4-8-22-18/h5,7,11-13H,4,6,8-10H2,1-3H3,(H2,15,16)/b7-5-/t12-,13?/m0/s1. The van der Waals surface area contributed by atoms with Crippen molar-refractivity contribution in [1.82, 2.24) is 9.21 Å². The van der Waals surface area contributed by atoms with Gasteiger partial charge >= 0.3 is 0 Å². The van der Waals surface area contributed by atoms with Crippen molar-refractivity contribution in [2.75, 3.05) is 46.7 Å². The SMILES string of the molecule is CN=C(N)/C=C\N(C=O)C[C@H](OC)C(CN1CCCS1)OC. The molecule has 0 saturated carbocycles. The number of nitrogens with two attached hydrogens (primary N) is 1. The molecule has 2 atom stereocenters. The lowest BCUT2D eigenvalue weighted by molar-refractivity contribution is -0.119. The van der Waals surface area contributed by atoms with Crippen molar-refractivity contribution in [2.45, 2.75) is 18.6 Å². The molecular formula is C14H26N4O3S. The van der Waals surface area contributed by atoms with Crippen molar-refractivity contribution in [3.05, 3.63) is 12.3 Å². The van der Waals surface area contributed by atoms with Gasteiger partial charge in [-0.05, 0) is 12.5 Å². The molecule has 1 saturated heterocycles. The van der Waals surface area contributed by atoms with Gasteiger partial charge in [-0.1, -0.05) is 11.9 Å². The molecule has 1 heterocycles. The van der Waals surface area contributed by atoms with Gasteiger partial charge in [-0.25, -0.2) is 4.31 Å². The number of amidine groups is 1. The number of nitrogens with zero attached hydrogens (tertiary/aromatic N) is 3. The second kappa shape index (κ2) is 10.6. The molecule has 0 spiro atoms. The summed E-state index contributed by atoms with van der Waals surface area (Å²) in [5, 5.41) is 0. The van der Waals surface area contributed by atoms with E-state index in [1.165, 1.54) is 11.3 Å². The average Bonchev–Trinajstić information content (AvgIpc) is 3.06. The number of ether oxygens (including phenoxy) is 2. The highest BCUT2D eigenvalue weighted by molar-refractivity contribution is 7.97. The lowest BCUT2D eigenvalue weighted by Crippen LogP contribution is -2.44. The van der Waals surface area contributed by atoms with Crippen LogP contribution in [0.3, 0.4) is 0 Å². The lowest BCUT2D eigenvalue weighted by atomic mass is 10.2. The molecule has 1 rings (SSSR count). The Morgan fingerprint density at radius 2 is 2.18 bits per heavy atom. The van der Waals surface area contributed by atoms with E-state index in [0.717, 1.165) is 25.3 Å². The minimum Gasteiger partial charge on any atom is -0.384 e. The number of rotatable bonds is 10. The topological polar surface area (TPSA) is 80.4 Å². The fourth-order valence-electron chi connectivity index (χ4n) is 2.13. The van der Waals surface area contributed by atoms with Crippen LogP contribution in [0.2, 0.25) is 0 Å². The molecule has 8 heteroatoms. The molecule has 0 aromatic heterocycles. The Labute approximate surface area is 136 Å². The summed E-state index contributed by atoms with van der Waals surface area (Å²) in [5.41, 5.74) is 5.59. The van der Waals surface area contributed by atoms with Crippen molar-refractivity contribution < 1.29 is 14.3 Å². The highest BCUT2D eigenvalue weighted by Gasteiger charge is 2.26. The van der Waals surface area contributed by atoms with E-state index in [1.807, 2.05) is 11.9 Å². The first kappa shape index (κ1) is 19.0. The zero-order chi connectivity index (χ0) is 16.4. The number of amides is 1. The van der Waals surface area contributed by atoms with Crippen molar-refractivity contribution in [3.8, 4) is 0 Å². The molecule has 1 aliphatic heterocycles. The quantitative estimate of drug-likeness (QED) is 0.269. The van der Waals surface area contributed by atoms with E-state index in [4.69, 9.17) is 15.2 Å². The van der Waals surface area contributed by atoms with Gasteiger partial charge in [0.2, 0.25) is 6.41 Å². The van der Waals surface area contributed by atoms with E-state index in [9.17, 15) is 4.79 Å². The summed E-state index contributed by atoms with van der Waals surface area (Å²) < 4.78 is 13.4. The number of carbonyl (C=O) groups excluding carboxylic acids is 1. The molecule has 7 nitrogen and oxygen atoms in total. The van der Waals surface area contributed by atoms with Crippen LogP contribution in [0.4, 0.5) is 0 Å². The molecule has 0 radical (unpaired) electrons. The second-order valence-corrected chi connectivity index (χ2v) is 6.07. The smallest absolute Gasteiger partial charge is 0.213 e. The van der Waals surface area contributed by atoms with Gasteiger partial charge in [0, 0.05) is 46.3 Å². The molecule has 0 aliphatic carbocycles. The van der Waals surface area contributed by atoms with E-state index in [0.29, 0.717) is 12.4 Å². The fraction of sp³-hybridized carbons (Fsp3) is 0.714. The Morgan fingerprint density at radius 3 is 2.68 bits per heavy atom. The molecule has 0 aromatic rings. The van der Waals surface area contributed by atoms with E-state index in [-0.39, 0.29) is 12.2 Å². The van der Waals surface area contributed by atoms with Gasteiger partial charge in [0.05, 0.1) is 12.6 Å². The van der Waals surface area contributed by atoms with E-state index < -0.39 is 0 Å². The molecule has 1 unspecified atom stereocenters. The highest BCUT2D eigenvalue weighted by atomic mass is 32.2. The van der Waals surface area contributed by atoms with Gasteiger partial charge in [0.25, 0.3) is 0 Å². The van der Waals surface area contributed by atoms with Crippen molar-refractivity contribution in [1.29, 1.82) is 0 Å². The van der Waals surface area contributed by atoms with Gasteiger partial charge in [-0.2, -0.15) is 0 Å². The second-order valence-electron chi connectivity index (χ2n) is 4.89. The van der Waals surface area contributed by atoms with Gasteiger partial charge in [-0.15, -0.1) is 0 Å². The maximum atomic E-state index is 11.2. The molecule has 126 valence electrons. The van der Waals surface area contributed by atoms with Crippen LogP contribution in [0.25, 0.3) is 0 Å². The largest absolute Gasteiger partial charge is 0.384 e. The predicted octanol–water partition coefficient (Wildman–Crippen LogP) is 0.329. The fourth-order valence-corrected chi connectivity index (χ4v) is 3.15. The molecule has 22 heavy (non-hydrogen) atoms. The summed E-state index contributed by atoms with van der Waals surface area (Å²) in [6.45, 7) is 2.22. The predicted molar refractivity (Wildman–Crippen MR) is 89.7 cm³/mol. The number of methoxy groups -OCH3 is 2. The first-order valence-electron chi connectivity index (χ1n) is 7.19. The van der Waals surface area contributed by atoms with Crippen LogP contribution in [0, 0.1) is 0 Å². The number of hydrogen-bond acceptors (Lipinski definition) is 6. The summed E-state index contributed by atoms with van der Waals surface area (Å²) in [6.07, 6.45) is 4.78. The minimum atomic E-state index is -0.221. The molecule has 2 N–H and O–H groups in total. The number of hydrogen-bond donors (Lipinski definition) is 1. The molecular weight excluding hydrogens is 304 g/mol. The van der Waals surface area contributed by atoms with Crippen LogP contribution >= 0.6 is 11.9 Å². The average molecular weight is 330 g/mol. The Morgan fingerprint density at radius 1 is 1.45 bits per heavy atom. The van der Waals surface area contributed by atoms with Crippen LogP contribution in [0.15, 0.2) is 17.3 Å². The maximum Gasteiger partial charge on any atom is 0.213 e. The number of aliphatic imine (C=N–C) groups is 1. The van der Waals surface area contributed by atoms with E-state index in [1.54, 1.807) is 33.5 Å². The van der Waals surface area contributed by atoms with Crippen molar-refractivity contribution in [3.63, 3.8) is 0 Å². The zero-order valence-electron chi connectivity index (χ0n) is 13.5. The van der Waals surface area contributed by atoms with Crippen LogP contribution in [0.5, 0.6) is 0 Å². The van der Waals surface area contributed by atoms with Gasteiger partial charge in [0.1, 0.15) is 11.9 Å². The Hall–Kier alpha value is -1.09. The Bertz CT molecular complexity index is 386. The summed E-state index contributed by atoms with van der Waals surface area (Å²) in [6, 6.07) is 0. The van der Waals surface area contributed by atoms with Crippen LogP contribution < -0.4 is 5.73 Å². The van der Waals surface area contributed by atoms with Crippen LogP contribution in [0.1, 0.15) is 6.42 Å². The third-order valence-electron chi connectivity index (χ3n) is 3.45. The lowest BCUT2D eigenvalue weighted by Gasteiger charge is -2.30. The van der Waals surface area contributed by atoms with E-state index in [2.05, 4.69) is 9.30 Å². The summed E-state index contributed by atoms with van der Waals surface area (Å²) in [4.78, 5) is 16.5. The Balaban J connectivity index is 2.62.